The van der Waals surface area contributed by atoms with Crippen LogP contribution in [0.1, 0.15) is 123 Å². The summed E-state index contributed by atoms with van der Waals surface area (Å²) in [4.78, 5) is 20.8. The van der Waals surface area contributed by atoms with Gasteiger partial charge in [0.1, 0.15) is 11.9 Å². The van der Waals surface area contributed by atoms with Crippen molar-refractivity contribution in [2.45, 2.75) is 129 Å². The van der Waals surface area contributed by atoms with Gasteiger partial charge in [0, 0.05) is 26.2 Å². The minimum Gasteiger partial charge on any atom is -0.379 e. The molecule has 36 heavy (non-hydrogen) atoms. The lowest BCUT2D eigenvalue weighted by Crippen LogP contribution is -2.26. The number of phosphoric acid groups is 1. The molecule has 0 amide bonds. The Morgan fingerprint density at radius 2 is 1.28 bits per heavy atom. The monoisotopic (exact) mass is 537 g/mol. The first-order chi connectivity index (χ1) is 17.4. The van der Waals surface area contributed by atoms with E-state index < -0.39 is 13.9 Å². The molecule has 0 aromatic heterocycles. The van der Waals surface area contributed by atoms with Crippen molar-refractivity contribution >= 4 is 13.6 Å². The Bertz CT molecular complexity index is 536. The fourth-order valence-electron chi connectivity index (χ4n) is 3.87. The molecule has 8 nitrogen and oxygen atoms in total. The third-order valence-corrected chi connectivity index (χ3v) is 7.00. The Morgan fingerprint density at radius 1 is 0.750 bits per heavy atom. The van der Waals surface area contributed by atoms with Gasteiger partial charge in [-0.15, -0.1) is 0 Å². The molecule has 9 heteroatoms. The highest BCUT2D eigenvalue weighted by molar-refractivity contribution is 7.47. The molecule has 3 N–H and O–H groups in total. The quantitative estimate of drug-likeness (QED) is 0.0797. The van der Waals surface area contributed by atoms with Gasteiger partial charge >= 0.3 is 7.82 Å². The van der Waals surface area contributed by atoms with Gasteiger partial charge in [0.25, 0.3) is 0 Å². The number of rotatable bonds is 29. The first-order valence-electron chi connectivity index (χ1n) is 14.4. The standard InChI is InChI=1S/C27H56NO7P/c1-3-4-5-6-7-8-9-10-11-12-13-14-15-17-21-32-24-27(33-22-18-16-19-26(2)29)25-35-36(30,31)34-23-20-28/h27H,3-25,28H2,1-2H3,(H,30,31). The largest absolute Gasteiger partial charge is 0.472 e. The summed E-state index contributed by atoms with van der Waals surface area (Å²) in [6, 6.07) is 0. The molecule has 0 aliphatic heterocycles. The minimum atomic E-state index is -4.16. The maximum Gasteiger partial charge on any atom is 0.472 e. The highest BCUT2D eigenvalue weighted by Crippen LogP contribution is 2.43. The Labute approximate surface area is 221 Å². The SMILES string of the molecule is CCCCCCCCCCCCCCCCOCC(COP(=O)(O)OCCN)OCCCCC(C)=O. The first-order valence-corrected chi connectivity index (χ1v) is 15.9. The average Bonchev–Trinajstić information content (AvgIpc) is 2.84. The van der Waals surface area contributed by atoms with E-state index in [0.717, 1.165) is 25.7 Å². The van der Waals surface area contributed by atoms with Crippen molar-refractivity contribution < 1.29 is 32.8 Å². The lowest BCUT2D eigenvalue weighted by molar-refractivity contribution is -0.117. The number of ether oxygens (including phenoxy) is 2. The van der Waals surface area contributed by atoms with Crippen molar-refractivity contribution in [3.8, 4) is 0 Å². The van der Waals surface area contributed by atoms with Crippen LogP contribution in [-0.4, -0.2) is 56.4 Å². The summed E-state index contributed by atoms with van der Waals surface area (Å²) in [6.07, 6.45) is 19.9. The summed E-state index contributed by atoms with van der Waals surface area (Å²) < 4.78 is 33.2. The summed E-state index contributed by atoms with van der Waals surface area (Å²) in [5.74, 6) is 0.157. The number of carbonyl (C=O) groups excluding carboxylic acids is 1. The third-order valence-electron chi connectivity index (χ3n) is 6.02. The number of hydrogen-bond acceptors (Lipinski definition) is 7. The molecule has 0 heterocycles. The van der Waals surface area contributed by atoms with Crippen molar-refractivity contribution in [3.63, 3.8) is 0 Å². The van der Waals surface area contributed by atoms with E-state index >= 15 is 0 Å². The Hall–Kier alpha value is -0.340. The Morgan fingerprint density at radius 3 is 1.81 bits per heavy atom. The molecular formula is C27H56NO7P. The number of ketones is 1. The number of nitrogens with two attached hydrogens (primary N) is 1. The summed E-state index contributed by atoms with van der Waals surface area (Å²) >= 11 is 0. The van der Waals surface area contributed by atoms with Gasteiger partial charge in [-0.1, -0.05) is 90.4 Å². The fourth-order valence-corrected chi connectivity index (χ4v) is 4.63. The maximum atomic E-state index is 11.9. The fraction of sp³-hybridized carbons (Fsp3) is 0.963. The molecule has 0 aromatic carbocycles. The van der Waals surface area contributed by atoms with Gasteiger partial charge in [-0.3, -0.25) is 9.05 Å². The van der Waals surface area contributed by atoms with Crippen LogP contribution >= 0.6 is 7.82 Å². The molecule has 0 bridgehead atoms. The second kappa shape index (κ2) is 26.3. The predicted octanol–water partition coefficient (Wildman–Crippen LogP) is 6.72. The van der Waals surface area contributed by atoms with Crippen LogP contribution in [0.15, 0.2) is 0 Å². The zero-order valence-electron chi connectivity index (χ0n) is 23.3. The molecule has 0 saturated carbocycles. The molecule has 0 aliphatic carbocycles. The van der Waals surface area contributed by atoms with E-state index in [4.69, 9.17) is 24.3 Å². The summed E-state index contributed by atoms with van der Waals surface area (Å²) in [5, 5.41) is 0. The van der Waals surface area contributed by atoms with Gasteiger partial charge in [-0.2, -0.15) is 0 Å². The maximum absolute atomic E-state index is 11.9. The van der Waals surface area contributed by atoms with Gasteiger partial charge in [-0.05, 0) is 26.2 Å². The molecule has 2 atom stereocenters. The topological polar surface area (TPSA) is 117 Å². The van der Waals surface area contributed by atoms with Gasteiger partial charge in [0.15, 0.2) is 0 Å². The van der Waals surface area contributed by atoms with Crippen molar-refractivity contribution in [3.05, 3.63) is 0 Å². The third kappa shape index (κ3) is 26.7. The van der Waals surface area contributed by atoms with E-state index in [1.165, 1.54) is 77.0 Å². The van der Waals surface area contributed by atoms with E-state index in [1.807, 2.05) is 0 Å². The molecule has 0 radical (unpaired) electrons. The number of carbonyl (C=O) groups is 1. The second-order valence-electron chi connectivity index (χ2n) is 9.71. The van der Waals surface area contributed by atoms with Crippen LogP contribution in [-0.2, 0) is 27.9 Å². The molecule has 0 aromatic rings. The van der Waals surface area contributed by atoms with Crippen LogP contribution in [0, 0.1) is 0 Å². The van der Waals surface area contributed by atoms with Crippen molar-refractivity contribution in [1.29, 1.82) is 0 Å². The van der Waals surface area contributed by atoms with Crippen LogP contribution < -0.4 is 5.73 Å². The van der Waals surface area contributed by atoms with Gasteiger partial charge in [0.2, 0.25) is 0 Å². The van der Waals surface area contributed by atoms with Crippen molar-refractivity contribution in [2.75, 3.05) is 39.6 Å². The molecule has 216 valence electrons. The van der Waals surface area contributed by atoms with Crippen LogP contribution in [0.25, 0.3) is 0 Å². The predicted molar refractivity (Wildman–Crippen MR) is 146 cm³/mol. The zero-order chi connectivity index (χ0) is 26.7. The number of phosphoric ester groups is 1. The highest BCUT2D eigenvalue weighted by atomic mass is 31.2. The van der Waals surface area contributed by atoms with E-state index in [2.05, 4.69) is 6.92 Å². The van der Waals surface area contributed by atoms with Gasteiger partial charge in [0.05, 0.1) is 19.8 Å². The molecule has 0 saturated heterocycles. The number of unbranched alkanes of at least 4 members (excludes halogenated alkanes) is 14. The van der Waals surface area contributed by atoms with Crippen LogP contribution in [0.3, 0.4) is 0 Å². The summed E-state index contributed by atoms with van der Waals surface area (Å²) in [5.41, 5.74) is 5.30. The zero-order valence-corrected chi connectivity index (χ0v) is 24.2. The Balaban J connectivity index is 3.85. The van der Waals surface area contributed by atoms with E-state index in [1.54, 1.807) is 6.92 Å². The van der Waals surface area contributed by atoms with Crippen LogP contribution in [0.5, 0.6) is 0 Å². The smallest absolute Gasteiger partial charge is 0.379 e. The normalized spacial score (nSPS) is 14.1. The molecule has 0 fully saturated rings. The molecule has 0 aliphatic rings. The van der Waals surface area contributed by atoms with E-state index in [0.29, 0.717) is 19.6 Å². The van der Waals surface area contributed by atoms with Gasteiger partial charge in [-0.25, -0.2) is 4.57 Å². The van der Waals surface area contributed by atoms with E-state index in [-0.39, 0.29) is 32.1 Å². The average molecular weight is 538 g/mol. The summed E-state index contributed by atoms with van der Waals surface area (Å²) in [6.45, 7) is 5.14. The highest BCUT2D eigenvalue weighted by Gasteiger charge is 2.23. The van der Waals surface area contributed by atoms with Crippen molar-refractivity contribution in [1.82, 2.24) is 0 Å². The molecule has 2 unspecified atom stereocenters. The van der Waals surface area contributed by atoms with Crippen LogP contribution in [0.2, 0.25) is 0 Å². The lowest BCUT2D eigenvalue weighted by atomic mass is 10.0. The minimum absolute atomic E-state index is 0.0556. The van der Waals surface area contributed by atoms with Gasteiger partial charge < -0.3 is 24.9 Å². The number of Topliss-reactive ketones (excluding diaryl/α,β-unsaturated/α-hetero) is 1. The molecule has 0 rings (SSSR count). The van der Waals surface area contributed by atoms with E-state index in [9.17, 15) is 14.3 Å². The number of hydrogen-bond donors (Lipinski definition) is 2. The van der Waals surface area contributed by atoms with Crippen molar-refractivity contribution in [2.24, 2.45) is 5.73 Å². The molecule has 0 spiro atoms. The Kier molecular flexibility index (Phi) is 26.0. The second-order valence-corrected chi connectivity index (χ2v) is 11.2. The molecular weight excluding hydrogens is 481 g/mol. The lowest BCUT2D eigenvalue weighted by Gasteiger charge is -2.20. The first kappa shape index (κ1) is 35.7. The van der Waals surface area contributed by atoms with Crippen LogP contribution in [0.4, 0.5) is 0 Å². The summed E-state index contributed by atoms with van der Waals surface area (Å²) in [7, 11) is -4.16.